The van der Waals surface area contributed by atoms with E-state index in [2.05, 4.69) is 10.1 Å². The Morgan fingerprint density at radius 2 is 1.68 bits per heavy atom. The molecule has 0 radical (unpaired) electrons. The van der Waals surface area contributed by atoms with Crippen LogP contribution in [0.15, 0.2) is 48.5 Å². The predicted octanol–water partition coefficient (Wildman–Crippen LogP) is 1.95. The molecule has 0 spiro atoms. The van der Waals surface area contributed by atoms with E-state index in [9.17, 15) is 13.6 Å². The summed E-state index contributed by atoms with van der Waals surface area (Å²) in [5.74, 6) is 0.683. The van der Waals surface area contributed by atoms with Gasteiger partial charge in [-0.15, -0.1) is 0 Å². The maximum Gasteiger partial charge on any atom is 0.387 e. The number of carbonyl (C=O) groups is 1. The molecule has 0 heterocycles. The summed E-state index contributed by atoms with van der Waals surface area (Å²) in [6.45, 7) is -1.89. The van der Waals surface area contributed by atoms with Gasteiger partial charge in [0, 0.05) is 11.3 Å². The van der Waals surface area contributed by atoms with Crippen molar-refractivity contribution in [2.24, 2.45) is 0 Å². The van der Waals surface area contributed by atoms with Crippen LogP contribution >= 0.6 is 0 Å². The molecule has 0 aromatic heterocycles. The number of quaternary nitrogens is 1. The number of hydrogen-bond donors (Lipinski definition) is 2. The number of rotatable bonds is 8. The minimum absolute atomic E-state index is 0.0512. The number of anilines is 1. The van der Waals surface area contributed by atoms with E-state index in [1.807, 2.05) is 31.3 Å². The summed E-state index contributed by atoms with van der Waals surface area (Å²) in [7, 11) is 3.53. The first-order chi connectivity index (χ1) is 12.0. The van der Waals surface area contributed by atoms with Gasteiger partial charge in [0.2, 0.25) is 0 Å². The molecule has 0 aliphatic rings. The second-order valence-electron chi connectivity index (χ2n) is 5.61. The summed E-state index contributed by atoms with van der Waals surface area (Å²) in [5.41, 5.74) is 1.63. The van der Waals surface area contributed by atoms with Crippen LogP contribution in [-0.4, -0.2) is 33.2 Å². The van der Waals surface area contributed by atoms with Crippen molar-refractivity contribution in [3.63, 3.8) is 0 Å². The van der Waals surface area contributed by atoms with Crippen LogP contribution in [0.2, 0.25) is 0 Å². The molecule has 2 rings (SSSR count). The first-order valence-corrected chi connectivity index (χ1v) is 7.75. The minimum atomic E-state index is -2.87. The van der Waals surface area contributed by atoms with Gasteiger partial charge in [-0.25, -0.2) is 0 Å². The molecule has 7 heteroatoms. The highest BCUT2D eigenvalue weighted by Crippen LogP contribution is 2.17. The fourth-order valence-electron chi connectivity index (χ4n) is 2.35. The molecular weight excluding hydrogens is 330 g/mol. The molecule has 134 valence electrons. The first kappa shape index (κ1) is 18.7. The van der Waals surface area contributed by atoms with Crippen LogP contribution in [0.3, 0.4) is 0 Å². The smallest absolute Gasteiger partial charge is 0.387 e. The quantitative estimate of drug-likeness (QED) is 0.764. The molecule has 0 saturated heterocycles. The summed E-state index contributed by atoms with van der Waals surface area (Å²) in [6, 6.07) is 13.5. The second kappa shape index (κ2) is 8.98. The maximum absolute atomic E-state index is 12.1. The predicted molar refractivity (Wildman–Crippen MR) is 90.2 cm³/mol. The standard InChI is InChI=1S/C18H20F2N2O3/c1-22(11-13-3-7-15(24-2)8-4-13)12-17(23)21-14-5-9-16(10-6-14)25-18(19)20/h3-10,18H,11-12H2,1-2H3,(H,21,23)/p+1. The van der Waals surface area contributed by atoms with Crippen molar-refractivity contribution in [1.29, 1.82) is 0 Å². The molecule has 1 atom stereocenters. The van der Waals surface area contributed by atoms with Crippen molar-refractivity contribution < 1.29 is 27.9 Å². The number of likely N-dealkylation sites (N-methyl/N-ethyl adjacent to an activating group) is 1. The molecule has 0 fully saturated rings. The van der Waals surface area contributed by atoms with E-state index in [1.54, 1.807) is 7.11 Å². The number of methoxy groups -OCH3 is 1. The number of hydrogen-bond acceptors (Lipinski definition) is 3. The third kappa shape index (κ3) is 6.39. The van der Waals surface area contributed by atoms with E-state index in [0.29, 0.717) is 12.2 Å². The summed E-state index contributed by atoms with van der Waals surface area (Å²) >= 11 is 0. The SMILES string of the molecule is COc1ccc(C[NH+](C)CC(=O)Nc2ccc(OC(F)F)cc2)cc1. The maximum atomic E-state index is 12.1. The lowest BCUT2D eigenvalue weighted by Gasteiger charge is -2.14. The largest absolute Gasteiger partial charge is 0.497 e. The lowest BCUT2D eigenvalue weighted by molar-refractivity contribution is -0.885. The first-order valence-electron chi connectivity index (χ1n) is 7.75. The molecule has 0 bridgehead atoms. The fourth-order valence-corrected chi connectivity index (χ4v) is 2.35. The fraction of sp³-hybridized carbons (Fsp3) is 0.278. The second-order valence-corrected chi connectivity index (χ2v) is 5.61. The molecule has 1 unspecified atom stereocenters. The van der Waals surface area contributed by atoms with Crippen LogP contribution in [-0.2, 0) is 11.3 Å². The minimum Gasteiger partial charge on any atom is -0.497 e. The van der Waals surface area contributed by atoms with Crippen LogP contribution in [0.1, 0.15) is 5.56 Å². The van der Waals surface area contributed by atoms with Crippen LogP contribution < -0.4 is 19.7 Å². The van der Waals surface area contributed by atoms with Gasteiger partial charge in [0.05, 0.1) is 14.2 Å². The Balaban J connectivity index is 1.82. The van der Waals surface area contributed by atoms with Gasteiger partial charge in [0.1, 0.15) is 18.0 Å². The van der Waals surface area contributed by atoms with Crippen molar-refractivity contribution in [2.45, 2.75) is 13.2 Å². The van der Waals surface area contributed by atoms with E-state index < -0.39 is 6.61 Å². The van der Waals surface area contributed by atoms with Crippen LogP contribution in [0.4, 0.5) is 14.5 Å². The van der Waals surface area contributed by atoms with E-state index in [4.69, 9.17) is 4.74 Å². The monoisotopic (exact) mass is 351 g/mol. The molecule has 0 aliphatic carbocycles. The van der Waals surface area contributed by atoms with E-state index in [1.165, 1.54) is 24.3 Å². The Kier molecular flexibility index (Phi) is 6.71. The zero-order valence-electron chi connectivity index (χ0n) is 14.1. The summed E-state index contributed by atoms with van der Waals surface area (Å²) in [4.78, 5) is 13.1. The molecule has 2 N–H and O–H groups in total. The van der Waals surface area contributed by atoms with Crippen molar-refractivity contribution in [3.8, 4) is 11.5 Å². The normalized spacial score (nSPS) is 11.9. The Labute approximate surface area is 145 Å². The summed E-state index contributed by atoms with van der Waals surface area (Å²) < 4.78 is 33.6. The molecule has 5 nitrogen and oxygen atoms in total. The average molecular weight is 351 g/mol. The van der Waals surface area contributed by atoms with Crippen molar-refractivity contribution in [2.75, 3.05) is 26.0 Å². The summed E-state index contributed by atoms with van der Waals surface area (Å²) in [5, 5.41) is 2.73. The number of nitrogens with one attached hydrogen (secondary N) is 2. The molecule has 25 heavy (non-hydrogen) atoms. The molecule has 2 aromatic carbocycles. The highest BCUT2D eigenvalue weighted by molar-refractivity contribution is 5.91. The van der Waals surface area contributed by atoms with Gasteiger partial charge < -0.3 is 19.7 Å². The number of carbonyl (C=O) groups excluding carboxylic acids is 1. The molecule has 0 aliphatic heterocycles. The van der Waals surface area contributed by atoms with Crippen LogP contribution in [0, 0.1) is 0 Å². The molecule has 0 saturated carbocycles. The lowest BCUT2D eigenvalue weighted by atomic mass is 10.2. The van der Waals surface area contributed by atoms with Gasteiger partial charge in [0.25, 0.3) is 5.91 Å². The van der Waals surface area contributed by atoms with Gasteiger partial charge >= 0.3 is 6.61 Å². The van der Waals surface area contributed by atoms with Crippen molar-refractivity contribution >= 4 is 11.6 Å². The number of benzene rings is 2. The molecule has 2 aromatic rings. The number of alkyl halides is 2. The average Bonchev–Trinajstić information content (AvgIpc) is 2.56. The van der Waals surface area contributed by atoms with E-state index in [-0.39, 0.29) is 18.2 Å². The van der Waals surface area contributed by atoms with Gasteiger partial charge in [-0.3, -0.25) is 4.79 Å². The van der Waals surface area contributed by atoms with Gasteiger partial charge in [-0.1, -0.05) is 0 Å². The van der Waals surface area contributed by atoms with E-state index in [0.717, 1.165) is 16.2 Å². The zero-order valence-corrected chi connectivity index (χ0v) is 14.1. The highest BCUT2D eigenvalue weighted by atomic mass is 19.3. The Bertz CT molecular complexity index is 676. The third-order valence-corrected chi connectivity index (χ3v) is 3.49. The van der Waals surface area contributed by atoms with Gasteiger partial charge in [0.15, 0.2) is 6.54 Å². The van der Waals surface area contributed by atoms with Crippen molar-refractivity contribution in [1.82, 2.24) is 0 Å². The van der Waals surface area contributed by atoms with E-state index >= 15 is 0 Å². The third-order valence-electron chi connectivity index (χ3n) is 3.49. The lowest BCUT2D eigenvalue weighted by Crippen LogP contribution is -3.08. The van der Waals surface area contributed by atoms with Crippen molar-refractivity contribution in [3.05, 3.63) is 54.1 Å². The highest BCUT2D eigenvalue weighted by Gasteiger charge is 2.11. The van der Waals surface area contributed by atoms with Crippen LogP contribution in [0.5, 0.6) is 11.5 Å². The Hall–Kier alpha value is -2.67. The zero-order chi connectivity index (χ0) is 18.2. The number of ether oxygens (including phenoxy) is 2. The van der Waals surface area contributed by atoms with Crippen LogP contribution in [0.25, 0.3) is 0 Å². The molecular formula is C18H21F2N2O3+. The Morgan fingerprint density at radius 3 is 2.24 bits per heavy atom. The van der Waals surface area contributed by atoms with Gasteiger partial charge in [-0.05, 0) is 48.5 Å². The number of halogens is 2. The summed E-state index contributed by atoms with van der Waals surface area (Å²) in [6.07, 6.45) is 0. The Morgan fingerprint density at radius 1 is 1.08 bits per heavy atom. The number of amides is 1. The van der Waals surface area contributed by atoms with Gasteiger partial charge in [-0.2, -0.15) is 8.78 Å². The topological polar surface area (TPSA) is 52.0 Å². The molecule has 1 amide bonds.